The monoisotopic (exact) mass is 422 g/mol. The molecule has 1 unspecified atom stereocenters. The summed E-state index contributed by atoms with van der Waals surface area (Å²) in [7, 11) is 0. The first kappa shape index (κ1) is 21.4. The third-order valence-electron chi connectivity index (χ3n) is 6.13. The molecule has 1 fully saturated rings. The molecule has 3 atom stereocenters. The number of carbonyl (C=O) groups excluding carboxylic acids is 1. The topological polar surface area (TPSA) is 119 Å². The van der Waals surface area contributed by atoms with Gasteiger partial charge in [-0.3, -0.25) is 9.88 Å². The number of hydrogen-bond donors (Lipinski definition) is 3. The molecule has 2 aliphatic rings. The van der Waals surface area contributed by atoms with Gasteiger partial charge in [0.15, 0.2) is 0 Å². The molecule has 0 amide bonds. The molecule has 0 bridgehead atoms. The maximum atomic E-state index is 11.7. The largest absolute Gasteiger partial charge is 0.457 e. The van der Waals surface area contributed by atoms with E-state index < -0.39 is 12.2 Å². The molecule has 4 rings (SSSR count). The van der Waals surface area contributed by atoms with Crippen LogP contribution in [0.4, 0.5) is 0 Å². The molecule has 162 valence electrons. The molecule has 0 spiro atoms. The number of likely N-dealkylation sites (tertiary alicyclic amines) is 1. The minimum absolute atomic E-state index is 0.218. The third-order valence-corrected chi connectivity index (χ3v) is 6.13. The zero-order chi connectivity index (χ0) is 22.0. The predicted octanol–water partition coefficient (Wildman–Crippen LogP) is 1.36. The van der Waals surface area contributed by atoms with Gasteiger partial charge in [-0.25, -0.2) is 4.79 Å². The number of carbonyl (C=O) groups is 1. The molecule has 3 heterocycles. The number of aromatic nitrogens is 1. The smallest absolute Gasteiger partial charge is 0.338 e. The van der Waals surface area contributed by atoms with Crippen molar-refractivity contribution < 1.29 is 19.7 Å². The van der Waals surface area contributed by atoms with E-state index in [0.717, 1.165) is 36.2 Å². The molecule has 1 aromatic heterocycles. The number of aliphatic hydroxyl groups is 2. The Labute approximate surface area is 181 Å². The fourth-order valence-electron chi connectivity index (χ4n) is 4.29. The third kappa shape index (κ3) is 4.60. The molecule has 8 nitrogen and oxygen atoms in total. The van der Waals surface area contributed by atoms with Crippen LogP contribution in [0.5, 0.6) is 0 Å². The van der Waals surface area contributed by atoms with E-state index in [4.69, 9.17) is 10.00 Å². The van der Waals surface area contributed by atoms with Gasteiger partial charge in [-0.2, -0.15) is 5.26 Å². The van der Waals surface area contributed by atoms with E-state index in [9.17, 15) is 15.0 Å². The van der Waals surface area contributed by atoms with E-state index in [1.165, 1.54) is 6.20 Å². The highest BCUT2D eigenvalue weighted by molar-refractivity contribution is 5.93. The van der Waals surface area contributed by atoms with Gasteiger partial charge >= 0.3 is 5.97 Å². The van der Waals surface area contributed by atoms with Crippen LogP contribution in [0, 0.1) is 18.3 Å². The van der Waals surface area contributed by atoms with Gasteiger partial charge in [0.1, 0.15) is 18.8 Å². The number of pyridine rings is 1. The van der Waals surface area contributed by atoms with E-state index in [2.05, 4.69) is 15.2 Å². The normalized spacial score (nSPS) is 20.2. The summed E-state index contributed by atoms with van der Waals surface area (Å²) in [5.74, 6) is -0.304. The van der Waals surface area contributed by atoms with Crippen LogP contribution in [-0.2, 0) is 11.3 Å². The molecule has 3 N–H and O–H groups in total. The van der Waals surface area contributed by atoms with E-state index in [-0.39, 0.29) is 18.6 Å². The second kappa shape index (κ2) is 9.12. The van der Waals surface area contributed by atoms with Gasteiger partial charge in [0, 0.05) is 37.4 Å². The Morgan fingerprint density at radius 2 is 2.16 bits per heavy atom. The summed E-state index contributed by atoms with van der Waals surface area (Å²) in [5, 5.41) is 33.4. The van der Waals surface area contributed by atoms with Crippen LogP contribution in [0.2, 0.25) is 0 Å². The fourth-order valence-corrected chi connectivity index (χ4v) is 4.29. The van der Waals surface area contributed by atoms with Crippen molar-refractivity contribution in [3.05, 3.63) is 64.0 Å². The molecular formula is C23H26N4O4. The average Bonchev–Trinajstić information content (AvgIpc) is 3.39. The standard InChI is InChI=1S/C23H26N4O4/c1-14-17(3-4-18-19(14)13-31-23(18)30)21(28)10-25-16-6-7-27(11-16)12-22(29)20-5-2-15(8-24)9-26-20/h2-5,9,16,21-22,25,28-29H,6-7,10-13H2,1H3/t16-,21+,22?/m1/s1. The minimum atomic E-state index is -0.712. The van der Waals surface area contributed by atoms with Gasteiger partial charge < -0.3 is 20.3 Å². The highest BCUT2D eigenvalue weighted by Gasteiger charge is 2.28. The fraction of sp³-hybridized carbons (Fsp3) is 0.435. The predicted molar refractivity (Wildman–Crippen MR) is 112 cm³/mol. The summed E-state index contributed by atoms with van der Waals surface area (Å²) in [6.07, 6.45) is 1.00. The minimum Gasteiger partial charge on any atom is -0.457 e. The molecule has 0 radical (unpaired) electrons. The molecule has 0 aliphatic carbocycles. The number of β-amino-alcohol motifs (C(OH)–C–C–N with tert-alkyl or cyclic N) is 1. The first-order valence-corrected chi connectivity index (χ1v) is 10.4. The van der Waals surface area contributed by atoms with E-state index >= 15 is 0 Å². The zero-order valence-corrected chi connectivity index (χ0v) is 17.4. The van der Waals surface area contributed by atoms with Crippen molar-refractivity contribution in [1.82, 2.24) is 15.2 Å². The molecule has 1 saturated heterocycles. The number of aliphatic hydroxyl groups excluding tert-OH is 2. The van der Waals surface area contributed by atoms with Crippen LogP contribution in [0.3, 0.4) is 0 Å². The van der Waals surface area contributed by atoms with Gasteiger partial charge in [0.05, 0.1) is 22.9 Å². The maximum Gasteiger partial charge on any atom is 0.338 e. The van der Waals surface area contributed by atoms with Crippen molar-refractivity contribution in [3.63, 3.8) is 0 Å². The number of rotatable bonds is 7. The molecule has 8 heteroatoms. The summed E-state index contributed by atoms with van der Waals surface area (Å²) < 4.78 is 5.09. The highest BCUT2D eigenvalue weighted by Crippen LogP contribution is 2.29. The number of nitrogens with zero attached hydrogens (tertiary/aromatic N) is 3. The SMILES string of the molecule is Cc1c([C@@H](O)CN[C@@H]2CCN(CC(O)c3ccc(C#N)cn3)C2)ccc2c1COC2=O. The van der Waals surface area contributed by atoms with Crippen LogP contribution in [0.15, 0.2) is 30.5 Å². The average molecular weight is 422 g/mol. The molecule has 1 aromatic carbocycles. The van der Waals surface area contributed by atoms with Crippen LogP contribution in [0.1, 0.15) is 56.9 Å². The van der Waals surface area contributed by atoms with Crippen LogP contribution in [-0.4, -0.2) is 58.3 Å². The lowest BCUT2D eigenvalue weighted by atomic mass is 9.95. The molecule has 31 heavy (non-hydrogen) atoms. The van der Waals surface area contributed by atoms with E-state index in [1.54, 1.807) is 24.3 Å². The Kier molecular flexibility index (Phi) is 6.30. The summed E-state index contributed by atoms with van der Waals surface area (Å²) in [5.41, 5.74) is 4.19. The van der Waals surface area contributed by atoms with Crippen molar-refractivity contribution in [3.8, 4) is 6.07 Å². The Balaban J connectivity index is 1.28. The van der Waals surface area contributed by atoms with Crippen LogP contribution in [0.25, 0.3) is 0 Å². The Morgan fingerprint density at radius 3 is 2.90 bits per heavy atom. The molecule has 2 aliphatic heterocycles. The zero-order valence-electron chi connectivity index (χ0n) is 17.4. The lowest BCUT2D eigenvalue weighted by Gasteiger charge is -2.21. The Hall–Kier alpha value is -2.83. The highest BCUT2D eigenvalue weighted by atomic mass is 16.5. The first-order valence-electron chi connectivity index (χ1n) is 10.4. The Morgan fingerprint density at radius 1 is 1.32 bits per heavy atom. The number of ether oxygens (including phenoxy) is 1. The summed E-state index contributed by atoms with van der Waals surface area (Å²) >= 11 is 0. The number of cyclic esters (lactones) is 1. The quantitative estimate of drug-likeness (QED) is 0.573. The summed E-state index contributed by atoms with van der Waals surface area (Å²) in [6.45, 7) is 4.67. The number of nitriles is 1. The molecular weight excluding hydrogens is 396 g/mol. The number of fused-ring (bicyclic) bond motifs is 1. The lowest BCUT2D eigenvalue weighted by molar-refractivity contribution is 0.0535. The van der Waals surface area contributed by atoms with Gasteiger partial charge in [-0.15, -0.1) is 0 Å². The van der Waals surface area contributed by atoms with Crippen molar-refractivity contribution in [2.24, 2.45) is 0 Å². The number of hydrogen-bond acceptors (Lipinski definition) is 8. The van der Waals surface area contributed by atoms with Crippen molar-refractivity contribution in [1.29, 1.82) is 5.26 Å². The van der Waals surface area contributed by atoms with E-state index in [0.29, 0.717) is 29.9 Å². The van der Waals surface area contributed by atoms with Crippen molar-refractivity contribution in [2.75, 3.05) is 26.2 Å². The lowest BCUT2D eigenvalue weighted by Crippen LogP contribution is -2.36. The Bertz CT molecular complexity index is 1000. The maximum absolute atomic E-state index is 11.7. The van der Waals surface area contributed by atoms with Crippen molar-refractivity contribution >= 4 is 5.97 Å². The van der Waals surface area contributed by atoms with Gasteiger partial charge in [0.2, 0.25) is 0 Å². The van der Waals surface area contributed by atoms with Gasteiger partial charge in [-0.05, 0) is 49.2 Å². The number of nitrogens with one attached hydrogen (secondary N) is 1. The van der Waals surface area contributed by atoms with Gasteiger partial charge in [0.25, 0.3) is 0 Å². The van der Waals surface area contributed by atoms with Crippen molar-refractivity contribution in [2.45, 2.75) is 38.2 Å². The number of benzene rings is 1. The van der Waals surface area contributed by atoms with E-state index in [1.807, 2.05) is 13.0 Å². The molecule has 2 aromatic rings. The second-order valence-electron chi connectivity index (χ2n) is 8.15. The molecule has 0 saturated carbocycles. The van der Waals surface area contributed by atoms with Gasteiger partial charge in [-0.1, -0.05) is 6.07 Å². The summed E-state index contributed by atoms with van der Waals surface area (Å²) in [6, 6.07) is 9.11. The van der Waals surface area contributed by atoms with Crippen LogP contribution >= 0.6 is 0 Å². The first-order chi connectivity index (χ1) is 15.0. The summed E-state index contributed by atoms with van der Waals surface area (Å²) in [4.78, 5) is 18.0. The second-order valence-corrected chi connectivity index (χ2v) is 8.15. The van der Waals surface area contributed by atoms with Crippen LogP contribution < -0.4 is 5.32 Å². The number of esters is 1.